The smallest absolute Gasteiger partial charge is 0.154 e. The molecule has 0 bridgehead atoms. The molecular formula is C21H27BrNO4-. The maximum absolute atomic E-state index is 11.3. The molecule has 148 valence electrons. The summed E-state index contributed by atoms with van der Waals surface area (Å²) >= 11 is 0. The number of rotatable bonds is 3. The number of aliphatic carboxylic acids is 1. The van der Waals surface area contributed by atoms with E-state index in [9.17, 15) is 20.1 Å². The average molecular weight is 437 g/mol. The lowest BCUT2D eigenvalue weighted by molar-refractivity contribution is -0.898. The van der Waals surface area contributed by atoms with Gasteiger partial charge in [-0.3, -0.25) is 0 Å². The van der Waals surface area contributed by atoms with Crippen LogP contribution in [-0.2, 0) is 10.4 Å². The molecule has 1 heterocycles. The molecular weight excluding hydrogens is 410 g/mol. The largest absolute Gasteiger partial charge is 1.00 e. The topological polar surface area (TPSA) is 80.6 Å². The Kier molecular flexibility index (Phi) is 8.62. The monoisotopic (exact) mass is 436 g/mol. The van der Waals surface area contributed by atoms with Gasteiger partial charge in [-0.25, -0.2) is 0 Å². The first-order valence-corrected chi connectivity index (χ1v) is 8.80. The van der Waals surface area contributed by atoms with Crippen LogP contribution in [0.5, 0.6) is 0 Å². The molecule has 2 aromatic carbocycles. The minimum absolute atomic E-state index is 0. The number of halogens is 1. The molecule has 1 saturated heterocycles. The van der Waals surface area contributed by atoms with Crippen molar-refractivity contribution in [3.05, 3.63) is 71.8 Å². The second-order valence-electron chi connectivity index (χ2n) is 7.37. The van der Waals surface area contributed by atoms with Crippen LogP contribution in [0.3, 0.4) is 0 Å². The predicted molar refractivity (Wildman–Crippen MR) is 98.0 cm³/mol. The number of carboxylic acid groups (broad SMARTS) is 1. The van der Waals surface area contributed by atoms with Gasteiger partial charge >= 0.3 is 0 Å². The molecule has 1 aliphatic heterocycles. The second-order valence-corrected chi connectivity index (χ2v) is 7.37. The Hall–Kier alpha value is -1.73. The average Bonchev–Trinajstić information content (AvgIpc) is 2.62. The molecule has 0 amide bonds. The predicted octanol–water partition coefficient (Wildman–Crippen LogP) is -2.11. The third-order valence-corrected chi connectivity index (χ3v) is 4.68. The number of benzene rings is 2. The summed E-state index contributed by atoms with van der Waals surface area (Å²) in [6, 6.07) is 16.4. The molecule has 6 heteroatoms. The van der Waals surface area contributed by atoms with E-state index in [4.69, 9.17) is 0 Å². The molecule has 5 nitrogen and oxygen atoms in total. The maximum atomic E-state index is 11.3. The lowest BCUT2D eigenvalue weighted by atomic mass is 9.86. The van der Waals surface area contributed by atoms with Crippen LogP contribution in [0.4, 0.5) is 0 Å². The van der Waals surface area contributed by atoms with E-state index in [1.165, 1.54) is 13.0 Å². The lowest BCUT2D eigenvalue weighted by Crippen LogP contribution is -3.00. The van der Waals surface area contributed by atoms with E-state index in [1.54, 1.807) is 60.7 Å². The summed E-state index contributed by atoms with van der Waals surface area (Å²) in [5.41, 5.74) is -1.54. The molecule has 2 aromatic rings. The number of carboxylic acids is 1. The lowest BCUT2D eigenvalue weighted by Gasteiger charge is -2.35. The fourth-order valence-corrected chi connectivity index (χ4v) is 3.27. The Morgan fingerprint density at radius 1 is 1.04 bits per heavy atom. The van der Waals surface area contributed by atoms with Gasteiger partial charge in [-0.1, -0.05) is 60.7 Å². The van der Waals surface area contributed by atoms with Crippen LogP contribution in [0.1, 0.15) is 24.0 Å². The van der Waals surface area contributed by atoms with Crippen molar-refractivity contribution in [3.63, 3.8) is 0 Å². The van der Waals surface area contributed by atoms with E-state index in [0.29, 0.717) is 0 Å². The Labute approximate surface area is 171 Å². The standard InChI is InChI=1S/C14H12O3.C7H16NO.BrH/c15-13(16)14(17,11-7-3-1-4-8-11)12-9-5-2-6-10-12;1-8(2)5-3-4-7(9)6-8;/h1-10,17H,(H,15,16);7,9H,3-6H2,1-2H3;1H/q;+1;/p-2. The number of hydrogen-bond donors (Lipinski definition) is 2. The molecule has 0 aromatic heterocycles. The van der Waals surface area contributed by atoms with Crippen molar-refractivity contribution in [2.75, 3.05) is 27.2 Å². The second kappa shape index (κ2) is 9.99. The van der Waals surface area contributed by atoms with Gasteiger partial charge < -0.3 is 41.6 Å². The maximum Gasteiger partial charge on any atom is 0.154 e. The first kappa shape index (κ1) is 23.3. The van der Waals surface area contributed by atoms with Gasteiger partial charge in [0.15, 0.2) is 5.60 Å². The third kappa shape index (κ3) is 6.14. The van der Waals surface area contributed by atoms with Gasteiger partial charge in [-0.2, -0.15) is 0 Å². The Morgan fingerprint density at radius 2 is 1.48 bits per heavy atom. The number of nitrogens with zero attached hydrogens (tertiary/aromatic N) is 1. The van der Waals surface area contributed by atoms with Crippen molar-refractivity contribution in [3.8, 4) is 0 Å². The minimum atomic E-state index is -2.11. The highest BCUT2D eigenvalue weighted by molar-refractivity contribution is 5.81. The molecule has 1 atom stereocenters. The highest BCUT2D eigenvalue weighted by atomic mass is 79.9. The van der Waals surface area contributed by atoms with Gasteiger partial charge in [-0.15, -0.1) is 0 Å². The van der Waals surface area contributed by atoms with Gasteiger partial charge in [0.1, 0.15) is 12.6 Å². The van der Waals surface area contributed by atoms with Crippen LogP contribution in [0.2, 0.25) is 0 Å². The van der Waals surface area contributed by atoms with E-state index < -0.39 is 11.6 Å². The zero-order valence-corrected chi connectivity index (χ0v) is 17.3. The minimum Gasteiger partial charge on any atom is -1.00 e. The number of aliphatic hydroxyl groups is 2. The van der Waals surface area contributed by atoms with Crippen LogP contribution in [0.25, 0.3) is 0 Å². The summed E-state index contributed by atoms with van der Waals surface area (Å²) in [5, 5.41) is 30.9. The van der Waals surface area contributed by atoms with Gasteiger partial charge in [0.05, 0.1) is 26.6 Å². The zero-order chi connectivity index (χ0) is 19.2. The number of piperidine rings is 1. The van der Waals surface area contributed by atoms with Crippen molar-refractivity contribution in [2.45, 2.75) is 24.5 Å². The molecule has 2 N–H and O–H groups in total. The quantitative estimate of drug-likeness (QED) is 0.539. The Morgan fingerprint density at radius 3 is 1.78 bits per heavy atom. The molecule has 0 radical (unpaired) electrons. The van der Waals surface area contributed by atoms with Crippen LogP contribution in [0.15, 0.2) is 60.7 Å². The first-order chi connectivity index (χ1) is 12.3. The van der Waals surface area contributed by atoms with Crippen LogP contribution < -0.4 is 22.1 Å². The fraction of sp³-hybridized carbons (Fsp3) is 0.381. The third-order valence-electron chi connectivity index (χ3n) is 4.68. The number of hydrogen-bond acceptors (Lipinski definition) is 4. The number of carbonyl (C=O) groups is 1. The van der Waals surface area contributed by atoms with Crippen molar-refractivity contribution >= 4 is 5.97 Å². The van der Waals surface area contributed by atoms with E-state index >= 15 is 0 Å². The molecule has 1 aliphatic rings. The number of carbonyl (C=O) groups excluding carboxylic acids is 1. The fourth-order valence-electron chi connectivity index (χ4n) is 3.27. The number of aliphatic hydroxyl groups excluding tert-OH is 1. The summed E-state index contributed by atoms with van der Waals surface area (Å²) in [6.45, 7) is 2.15. The van der Waals surface area contributed by atoms with Crippen molar-refractivity contribution < 1.29 is 41.6 Å². The van der Waals surface area contributed by atoms with Crippen LogP contribution >= 0.6 is 0 Å². The normalized spacial score (nSPS) is 18.4. The summed E-state index contributed by atoms with van der Waals surface area (Å²) in [7, 11) is 4.34. The molecule has 27 heavy (non-hydrogen) atoms. The van der Waals surface area contributed by atoms with Crippen LogP contribution in [-0.4, -0.2) is 54.0 Å². The first-order valence-electron chi connectivity index (χ1n) is 8.80. The van der Waals surface area contributed by atoms with E-state index in [-0.39, 0.29) is 34.2 Å². The van der Waals surface area contributed by atoms with Gasteiger partial charge in [0.2, 0.25) is 0 Å². The van der Waals surface area contributed by atoms with E-state index in [0.717, 1.165) is 17.4 Å². The highest BCUT2D eigenvalue weighted by Gasteiger charge is 2.32. The van der Waals surface area contributed by atoms with Crippen molar-refractivity contribution in [1.29, 1.82) is 0 Å². The number of likely N-dealkylation sites (N-methyl/N-ethyl adjacent to an activating group) is 1. The van der Waals surface area contributed by atoms with Gasteiger partial charge in [0.25, 0.3) is 0 Å². The Bertz CT molecular complexity index is 667. The molecule has 3 rings (SSSR count). The van der Waals surface area contributed by atoms with E-state index in [1.807, 2.05) is 0 Å². The SMILES string of the molecule is C[N+]1(C)CCCC(O)C1.O=C([O-])C(O)(c1ccccc1)c1ccccc1.[Br-]. The van der Waals surface area contributed by atoms with Crippen molar-refractivity contribution in [2.24, 2.45) is 0 Å². The number of likely N-dealkylation sites (tertiary alicyclic amines) is 1. The summed E-state index contributed by atoms with van der Waals surface area (Å²) in [6.07, 6.45) is 2.13. The van der Waals surface area contributed by atoms with Gasteiger partial charge in [-0.05, 0) is 24.0 Å². The molecule has 0 aliphatic carbocycles. The number of quaternary nitrogens is 1. The molecule has 1 unspecified atom stereocenters. The zero-order valence-electron chi connectivity index (χ0n) is 15.7. The molecule has 0 saturated carbocycles. The van der Waals surface area contributed by atoms with Crippen LogP contribution in [0, 0.1) is 0 Å². The highest BCUT2D eigenvalue weighted by Crippen LogP contribution is 2.28. The Balaban J connectivity index is 0.000000310. The summed E-state index contributed by atoms with van der Waals surface area (Å²) in [5.74, 6) is -1.53. The van der Waals surface area contributed by atoms with Gasteiger partial charge in [0, 0.05) is 0 Å². The van der Waals surface area contributed by atoms with E-state index in [2.05, 4.69) is 14.1 Å². The van der Waals surface area contributed by atoms with Crippen molar-refractivity contribution in [1.82, 2.24) is 0 Å². The molecule has 1 fully saturated rings. The summed E-state index contributed by atoms with van der Waals surface area (Å²) < 4.78 is 0.987. The summed E-state index contributed by atoms with van der Waals surface area (Å²) in [4.78, 5) is 11.3. The molecule has 0 spiro atoms.